The Balaban J connectivity index is 1.96. The van der Waals surface area contributed by atoms with Gasteiger partial charge < -0.3 is 4.74 Å². The van der Waals surface area contributed by atoms with Crippen LogP contribution >= 0.6 is 0 Å². The molecule has 0 saturated heterocycles. The van der Waals surface area contributed by atoms with Crippen LogP contribution in [0.5, 0.6) is 5.75 Å². The van der Waals surface area contributed by atoms with Crippen LogP contribution in [0.4, 0.5) is 13.2 Å². The number of rotatable bonds is 6. The number of ether oxygens (including phenoxy) is 1. The largest absolute Gasteiger partial charge is 0.573 e. The normalized spacial score (nSPS) is 12.1. The van der Waals surface area contributed by atoms with Crippen LogP contribution < -0.4 is 9.46 Å². The zero-order valence-electron chi connectivity index (χ0n) is 11.7. The van der Waals surface area contributed by atoms with Gasteiger partial charge in [-0.1, -0.05) is 6.07 Å². The molecule has 0 atom stereocenters. The fourth-order valence-corrected chi connectivity index (χ4v) is 2.80. The van der Waals surface area contributed by atoms with Crippen molar-refractivity contribution in [2.45, 2.75) is 17.7 Å². The molecular formula is C14H13F3N2O3S. The summed E-state index contributed by atoms with van der Waals surface area (Å²) >= 11 is 0. The number of hydrogen-bond acceptors (Lipinski definition) is 4. The molecule has 0 aliphatic heterocycles. The van der Waals surface area contributed by atoms with Crippen LogP contribution in [-0.4, -0.2) is 26.3 Å². The molecule has 0 unspecified atom stereocenters. The number of alkyl halides is 3. The van der Waals surface area contributed by atoms with Crippen LogP contribution in [0.25, 0.3) is 0 Å². The summed E-state index contributed by atoms with van der Waals surface area (Å²) in [4.78, 5) is 3.91. The molecule has 0 aliphatic rings. The summed E-state index contributed by atoms with van der Waals surface area (Å²) in [5, 5.41) is 0. The minimum Gasteiger partial charge on any atom is -0.406 e. The molecule has 0 bridgehead atoms. The number of benzene rings is 1. The van der Waals surface area contributed by atoms with E-state index < -0.39 is 22.1 Å². The Morgan fingerprint density at radius 3 is 2.35 bits per heavy atom. The second kappa shape index (κ2) is 6.97. The van der Waals surface area contributed by atoms with Crippen LogP contribution in [0.3, 0.4) is 0 Å². The molecule has 0 amide bonds. The molecule has 5 nitrogen and oxygen atoms in total. The van der Waals surface area contributed by atoms with Gasteiger partial charge >= 0.3 is 6.36 Å². The van der Waals surface area contributed by atoms with Crippen molar-refractivity contribution in [3.05, 3.63) is 54.4 Å². The third-order valence-electron chi connectivity index (χ3n) is 2.77. The molecule has 1 heterocycles. The Morgan fingerprint density at radius 1 is 1.09 bits per heavy atom. The molecular weight excluding hydrogens is 333 g/mol. The lowest BCUT2D eigenvalue weighted by Gasteiger charge is -2.10. The first-order valence-electron chi connectivity index (χ1n) is 6.52. The maximum atomic E-state index is 12.0. The van der Waals surface area contributed by atoms with Crippen LogP contribution in [0.2, 0.25) is 0 Å². The molecule has 9 heteroatoms. The van der Waals surface area contributed by atoms with E-state index in [9.17, 15) is 21.6 Å². The van der Waals surface area contributed by atoms with Gasteiger partial charge in [0.2, 0.25) is 10.0 Å². The highest BCUT2D eigenvalue weighted by Gasteiger charge is 2.31. The van der Waals surface area contributed by atoms with Crippen LogP contribution in [0, 0.1) is 0 Å². The van der Waals surface area contributed by atoms with E-state index in [-0.39, 0.29) is 11.4 Å². The topological polar surface area (TPSA) is 68.3 Å². The molecule has 0 saturated carbocycles. The average molecular weight is 346 g/mol. The maximum absolute atomic E-state index is 12.0. The Labute approximate surface area is 131 Å². The van der Waals surface area contributed by atoms with E-state index in [0.717, 1.165) is 30.0 Å². The first-order chi connectivity index (χ1) is 10.8. The van der Waals surface area contributed by atoms with Gasteiger partial charge in [-0.3, -0.25) is 4.98 Å². The fourth-order valence-electron chi connectivity index (χ4n) is 1.76. The van der Waals surface area contributed by atoms with Gasteiger partial charge in [0.1, 0.15) is 5.75 Å². The minimum atomic E-state index is -4.82. The summed E-state index contributed by atoms with van der Waals surface area (Å²) in [6.45, 7) is 0.125. The van der Waals surface area contributed by atoms with Gasteiger partial charge in [0, 0.05) is 24.9 Å². The highest BCUT2D eigenvalue weighted by Crippen LogP contribution is 2.23. The molecule has 1 aromatic carbocycles. The van der Waals surface area contributed by atoms with Crippen molar-refractivity contribution in [1.82, 2.24) is 9.71 Å². The van der Waals surface area contributed by atoms with Gasteiger partial charge in [-0.05, 0) is 36.4 Å². The van der Waals surface area contributed by atoms with Crippen LogP contribution in [0.15, 0.2) is 53.6 Å². The number of aromatic nitrogens is 1. The molecule has 2 rings (SSSR count). The highest BCUT2D eigenvalue weighted by molar-refractivity contribution is 7.89. The van der Waals surface area contributed by atoms with Crippen molar-refractivity contribution in [2.75, 3.05) is 6.54 Å². The van der Waals surface area contributed by atoms with E-state index >= 15 is 0 Å². The summed E-state index contributed by atoms with van der Waals surface area (Å²) in [5.41, 5.74) is 0.726. The molecule has 124 valence electrons. The van der Waals surface area contributed by atoms with Crippen molar-refractivity contribution in [1.29, 1.82) is 0 Å². The molecule has 2 aromatic rings. The highest BCUT2D eigenvalue weighted by atomic mass is 32.2. The molecule has 0 aliphatic carbocycles. The second-order valence-corrected chi connectivity index (χ2v) is 6.26. The SMILES string of the molecule is O=S(=O)(NCCc1ccccn1)c1ccc(OC(F)(F)F)cc1. The monoisotopic (exact) mass is 346 g/mol. The van der Waals surface area contributed by atoms with E-state index in [1.54, 1.807) is 24.4 Å². The molecule has 0 fully saturated rings. The molecule has 23 heavy (non-hydrogen) atoms. The number of nitrogens with zero attached hydrogens (tertiary/aromatic N) is 1. The van der Waals surface area contributed by atoms with E-state index in [2.05, 4.69) is 14.4 Å². The lowest BCUT2D eigenvalue weighted by molar-refractivity contribution is -0.274. The first-order valence-corrected chi connectivity index (χ1v) is 8.00. The van der Waals surface area contributed by atoms with E-state index in [4.69, 9.17) is 0 Å². The summed E-state index contributed by atoms with van der Waals surface area (Å²) in [7, 11) is -3.81. The predicted molar refractivity (Wildman–Crippen MR) is 76.3 cm³/mol. The molecule has 0 radical (unpaired) electrons. The third kappa shape index (κ3) is 5.53. The van der Waals surface area contributed by atoms with Gasteiger partial charge in [0.15, 0.2) is 0 Å². The Hall–Kier alpha value is -2.13. The summed E-state index contributed by atoms with van der Waals surface area (Å²) < 4.78 is 66.2. The number of halogens is 3. The lowest BCUT2D eigenvalue weighted by atomic mass is 10.3. The predicted octanol–water partition coefficient (Wildman–Crippen LogP) is 2.50. The summed E-state index contributed by atoms with van der Waals surface area (Å²) in [5.74, 6) is -0.482. The Morgan fingerprint density at radius 2 is 1.78 bits per heavy atom. The van der Waals surface area contributed by atoms with Crippen molar-refractivity contribution in [3.63, 3.8) is 0 Å². The number of pyridine rings is 1. The van der Waals surface area contributed by atoms with Gasteiger partial charge in [-0.25, -0.2) is 13.1 Å². The summed E-state index contributed by atoms with van der Waals surface area (Å²) in [6, 6.07) is 9.28. The van der Waals surface area contributed by atoms with Crippen molar-refractivity contribution in [2.24, 2.45) is 0 Å². The van der Waals surface area contributed by atoms with Gasteiger partial charge in [-0.15, -0.1) is 13.2 Å². The number of nitrogens with one attached hydrogen (secondary N) is 1. The summed E-state index contributed by atoms with van der Waals surface area (Å²) in [6.07, 6.45) is -2.82. The Bertz CT molecular complexity index is 732. The first kappa shape index (κ1) is 17.2. The average Bonchev–Trinajstić information content (AvgIpc) is 2.47. The quantitative estimate of drug-likeness (QED) is 0.873. The molecule has 1 aromatic heterocycles. The number of sulfonamides is 1. The van der Waals surface area contributed by atoms with Gasteiger partial charge in [-0.2, -0.15) is 0 Å². The van der Waals surface area contributed by atoms with Gasteiger partial charge in [0.05, 0.1) is 4.90 Å². The van der Waals surface area contributed by atoms with E-state index in [1.165, 1.54) is 0 Å². The fraction of sp³-hybridized carbons (Fsp3) is 0.214. The zero-order chi connectivity index (χ0) is 16.9. The van der Waals surface area contributed by atoms with E-state index in [0.29, 0.717) is 6.42 Å². The molecule has 0 spiro atoms. The van der Waals surface area contributed by atoms with Crippen LogP contribution in [0.1, 0.15) is 5.69 Å². The van der Waals surface area contributed by atoms with Crippen molar-refractivity contribution in [3.8, 4) is 5.75 Å². The zero-order valence-corrected chi connectivity index (χ0v) is 12.6. The van der Waals surface area contributed by atoms with Gasteiger partial charge in [0.25, 0.3) is 0 Å². The standard InChI is InChI=1S/C14H13F3N2O3S/c15-14(16,17)22-12-4-6-13(7-5-12)23(20,21)19-10-8-11-3-1-2-9-18-11/h1-7,9,19H,8,10H2. The molecule has 1 N–H and O–H groups in total. The van der Waals surface area contributed by atoms with E-state index in [1.807, 2.05) is 0 Å². The maximum Gasteiger partial charge on any atom is 0.573 e. The smallest absolute Gasteiger partial charge is 0.406 e. The minimum absolute atomic E-state index is 0.125. The lowest BCUT2D eigenvalue weighted by Crippen LogP contribution is -2.26. The Kier molecular flexibility index (Phi) is 5.22. The number of hydrogen-bond donors (Lipinski definition) is 1. The third-order valence-corrected chi connectivity index (χ3v) is 4.24. The second-order valence-electron chi connectivity index (χ2n) is 4.49. The van der Waals surface area contributed by atoms with Crippen LogP contribution in [-0.2, 0) is 16.4 Å². The van der Waals surface area contributed by atoms with Crippen molar-refractivity contribution >= 4 is 10.0 Å². The van der Waals surface area contributed by atoms with Crippen molar-refractivity contribution < 1.29 is 26.3 Å².